The van der Waals surface area contributed by atoms with Crippen LogP contribution in [0.1, 0.15) is 20.8 Å². The summed E-state index contributed by atoms with van der Waals surface area (Å²) >= 11 is 0. The SMILES string of the molecule is COCC(C)NC(N)=NCC(C)(C)N(C)C.I. The van der Waals surface area contributed by atoms with E-state index >= 15 is 0 Å². The molecule has 0 rings (SSSR count). The van der Waals surface area contributed by atoms with Crippen molar-refractivity contribution >= 4 is 29.9 Å². The Kier molecular flexibility index (Phi) is 10.1. The smallest absolute Gasteiger partial charge is 0.188 e. The van der Waals surface area contributed by atoms with Gasteiger partial charge in [-0.2, -0.15) is 0 Å². The van der Waals surface area contributed by atoms with Crippen LogP contribution < -0.4 is 11.1 Å². The first-order valence-corrected chi connectivity index (χ1v) is 5.52. The molecule has 3 N–H and O–H groups in total. The van der Waals surface area contributed by atoms with Gasteiger partial charge in [0.25, 0.3) is 0 Å². The van der Waals surface area contributed by atoms with Gasteiger partial charge in [-0.05, 0) is 34.9 Å². The molecule has 0 aromatic rings. The molecule has 0 amide bonds. The van der Waals surface area contributed by atoms with Gasteiger partial charge in [-0.15, -0.1) is 24.0 Å². The predicted molar refractivity (Wildman–Crippen MR) is 84.1 cm³/mol. The van der Waals surface area contributed by atoms with Crippen molar-refractivity contribution in [2.45, 2.75) is 32.4 Å². The molecular formula is C11H27IN4O. The minimum Gasteiger partial charge on any atom is -0.383 e. The molecule has 0 heterocycles. The summed E-state index contributed by atoms with van der Waals surface area (Å²) in [5.41, 5.74) is 5.79. The molecule has 17 heavy (non-hydrogen) atoms. The third kappa shape index (κ3) is 8.62. The number of rotatable bonds is 6. The fourth-order valence-corrected chi connectivity index (χ4v) is 1.01. The number of guanidine groups is 1. The van der Waals surface area contributed by atoms with Gasteiger partial charge in [0.15, 0.2) is 5.96 Å². The lowest BCUT2D eigenvalue weighted by molar-refractivity contribution is 0.179. The lowest BCUT2D eigenvalue weighted by Crippen LogP contribution is -2.44. The molecule has 0 saturated carbocycles. The lowest BCUT2D eigenvalue weighted by atomic mass is 10.1. The van der Waals surface area contributed by atoms with Gasteiger partial charge >= 0.3 is 0 Å². The Bertz CT molecular complexity index is 232. The molecule has 0 aliphatic heterocycles. The highest BCUT2D eigenvalue weighted by Gasteiger charge is 2.19. The summed E-state index contributed by atoms with van der Waals surface area (Å²) < 4.78 is 5.01. The molecule has 1 atom stereocenters. The van der Waals surface area contributed by atoms with Crippen LogP contribution in [0.2, 0.25) is 0 Å². The predicted octanol–water partition coefficient (Wildman–Crippen LogP) is 0.884. The Morgan fingerprint density at radius 3 is 2.41 bits per heavy atom. The van der Waals surface area contributed by atoms with Crippen molar-refractivity contribution < 1.29 is 4.74 Å². The van der Waals surface area contributed by atoms with E-state index in [-0.39, 0.29) is 35.6 Å². The number of nitrogens with one attached hydrogen (secondary N) is 1. The Balaban J connectivity index is 0. The zero-order chi connectivity index (χ0) is 12.8. The summed E-state index contributed by atoms with van der Waals surface area (Å²) in [4.78, 5) is 6.45. The zero-order valence-electron chi connectivity index (χ0n) is 11.8. The Morgan fingerprint density at radius 1 is 1.47 bits per heavy atom. The van der Waals surface area contributed by atoms with Crippen LogP contribution in [0.25, 0.3) is 0 Å². The van der Waals surface area contributed by atoms with Crippen molar-refractivity contribution in [3.63, 3.8) is 0 Å². The molecule has 0 bridgehead atoms. The molecule has 0 radical (unpaired) electrons. The Morgan fingerprint density at radius 2 is 2.00 bits per heavy atom. The first-order valence-electron chi connectivity index (χ1n) is 5.52. The van der Waals surface area contributed by atoms with E-state index < -0.39 is 0 Å². The topological polar surface area (TPSA) is 62.9 Å². The van der Waals surface area contributed by atoms with Crippen molar-refractivity contribution in [1.82, 2.24) is 10.2 Å². The van der Waals surface area contributed by atoms with E-state index in [0.29, 0.717) is 19.1 Å². The number of hydrogen-bond donors (Lipinski definition) is 2. The van der Waals surface area contributed by atoms with Crippen LogP contribution in [0.3, 0.4) is 0 Å². The maximum atomic E-state index is 5.78. The monoisotopic (exact) mass is 358 g/mol. The minimum absolute atomic E-state index is 0. The summed E-state index contributed by atoms with van der Waals surface area (Å²) in [5, 5.41) is 3.08. The van der Waals surface area contributed by atoms with Gasteiger partial charge in [0, 0.05) is 18.7 Å². The molecule has 6 heteroatoms. The highest BCUT2D eigenvalue weighted by molar-refractivity contribution is 14.0. The fraction of sp³-hybridized carbons (Fsp3) is 0.909. The van der Waals surface area contributed by atoms with Crippen LogP contribution in [0.4, 0.5) is 0 Å². The summed E-state index contributed by atoms with van der Waals surface area (Å²) in [6.45, 7) is 7.54. The van der Waals surface area contributed by atoms with Crippen molar-refractivity contribution in [2.75, 3.05) is 34.4 Å². The van der Waals surface area contributed by atoms with Gasteiger partial charge in [-0.3, -0.25) is 4.99 Å². The van der Waals surface area contributed by atoms with E-state index in [0.717, 1.165) is 0 Å². The van der Waals surface area contributed by atoms with Crippen LogP contribution >= 0.6 is 24.0 Å². The molecule has 0 aliphatic rings. The van der Waals surface area contributed by atoms with Gasteiger partial charge in [0.05, 0.1) is 13.2 Å². The number of likely N-dealkylation sites (N-methyl/N-ethyl adjacent to an activating group) is 1. The Labute approximate surface area is 122 Å². The lowest BCUT2D eigenvalue weighted by Gasteiger charge is -2.30. The standard InChI is InChI=1S/C11H26N4O.HI/c1-9(7-16-6)14-10(12)13-8-11(2,3)15(4)5;/h9H,7-8H2,1-6H3,(H3,12,13,14);1H. The number of methoxy groups -OCH3 is 1. The molecule has 0 aromatic heterocycles. The molecule has 5 nitrogen and oxygen atoms in total. The number of aliphatic imine (C=N–C) groups is 1. The molecular weight excluding hydrogens is 331 g/mol. The Hall–Kier alpha value is -0.0800. The zero-order valence-corrected chi connectivity index (χ0v) is 14.1. The second kappa shape index (κ2) is 8.93. The summed E-state index contributed by atoms with van der Waals surface area (Å²) in [6.07, 6.45) is 0. The van der Waals surface area contributed by atoms with Crippen molar-refractivity contribution in [1.29, 1.82) is 0 Å². The first-order chi connectivity index (χ1) is 7.29. The second-order valence-electron chi connectivity index (χ2n) is 4.91. The van der Waals surface area contributed by atoms with Crippen LogP contribution in [0, 0.1) is 0 Å². The van der Waals surface area contributed by atoms with Gasteiger partial charge in [-0.1, -0.05) is 0 Å². The average molecular weight is 358 g/mol. The van der Waals surface area contributed by atoms with E-state index in [1.807, 2.05) is 21.0 Å². The van der Waals surface area contributed by atoms with Crippen molar-refractivity contribution in [2.24, 2.45) is 10.7 Å². The molecule has 1 unspecified atom stereocenters. The molecule has 0 aliphatic carbocycles. The third-order valence-electron chi connectivity index (χ3n) is 2.66. The van der Waals surface area contributed by atoms with Gasteiger partial charge in [0.1, 0.15) is 0 Å². The van der Waals surface area contributed by atoms with Crippen molar-refractivity contribution in [3.8, 4) is 0 Å². The third-order valence-corrected chi connectivity index (χ3v) is 2.66. The first kappa shape index (κ1) is 19.3. The van der Waals surface area contributed by atoms with Crippen molar-refractivity contribution in [3.05, 3.63) is 0 Å². The highest BCUT2D eigenvalue weighted by Crippen LogP contribution is 2.09. The maximum absolute atomic E-state index is 5.78. The molecule has 0 aromatic carbocycles. The number of hydrogen-bond acceptors (Lipinski definition) is 3. The number of ether oxygens (including phenoxy) is 1. The van der Waals surface area contributed by atoms with Crippen LogP contribution in [-0.4, -0.2) is 56.8 Å². The number of nitrogens with two attached hydrogens (primary N) is 1. The summed E-state index contributed by atoms with van der Waals surface area (Å²) in [6, 6.07) is 0.177. The van der Waals surface area contributed by atoms with Gasteiger partial charge < -0.3 is 20.7 Å². The van der Waals surface area contributed by atoms with E-state index in [9.17, 15) is 0 Å². The summed E-state index contributed by atoms with van der Waals surface area (Å²) in [7, 11) is 5.74. The van der Waals surface area contributed by atoms with Crippen LogP contribution in [0.15, 0.2) is 4.99 Å². The summed E-state index contributed by atoms with van der Waals surface area (Å²) in [5.74, 6) is 0.472. The number of nitrogens with zero attached hydrogens (tertiary/aromatic N) is 2. The minimum atomic E-state index is 0. The number of halogens is 1. The fourth-order valence-electron chi connectivity index (χ4n) is 1.01. The molecule has 0 saturated heterocycles. The quantitative estimate of drug-likeness (QED) is 0.421. The van der Waals surface area contributed by atoms with Gasteiger partial charge in [-0.25, -0.2) is 0 Å². The normalized spacial score (nSPS) is 14.4. The maximum Gasteiger partial charge on any atom is 0.188 e. The molecule has 0 fully saturated rings. The average Bonchev–Trinajstić information content (AvgIpc) is 2.15. The largest absolute Gasteiger partial charge is 0.383 e. The van der Waals surface area contributed by atoms with E-state index in [4.69, 9.17) is 10.5 Å². The van der Waals surface area contributed by atoms with Crippen LogP contribution in [-0.2, 0) is 4.74 Å². The molecule has 104 valence electrons. The van der Waals surface area contributed by atoms with E-state index in [1.54, 1.807) is 7.11 Å². The molecule has 0 spiro atoms. The van der Waals surface area contributed by atoms with Gasteiger partial charge in [0.2, 0.25) is 0 Å². The highest BCUT2D eigenvalue weighted by atomic mass is 127. The van der Waals surface area contributed by atoms with E-state index in [2.05, 4.69) is 29.1 Å². The van der Waals surface area contributed by atoms with E-state index in [1.165, 1.54) is 0 Å². The second-order valence-corrected chi connectivity index (χ2v) is 4.91. The van der Waals surface area contributed by atoms with Crippen LogP contribution in [0.5, 0.6) is 0 Å².